The topological polar surface area (TPSA) is 61.8 Å². The minimum absolute atomic E-state index is 0.0109. The van der Waals surface area contributed by atoms with E-state index in [4.69, 9.17) is 21.4 Å². The van der Waals surface area contributed by atoms with Crippen LogP contribution < -0.4 is 10.1 Å². The summed E-state index contributed by atoms with van der Waals surface area (Å²) in [6.07, 6.45) is 3.18. The van der Waals surface area contributed by atoms with Crippen LogP contribution in [0.15, 0.2) is 48.5 Å². The molecule has 2 aromatic carbocycles. The molecule has 0 bridgehead atoms. The molecule has 1 aliphatic heterocycles. The van der Waals surface area contributed by atoms with Crippen molar-refractivity contribution < 1.29 is 14.6 Å². The van der Waals surface area contributed by atoms with E-state index in [2.05, 4.69) is 22.3 Å². The number of piperidine rings is 1. The van der Waals surface area contributed by atoms with Gasteiger partial charge in [-0.05, 0) is 62.7 Å². The summed E-state index contributed by atoms with van der Waals surface area (Å²) in [6, 6.07) is 16.0. The van der Waals surface area contributed by atoms with Gasteiger partial charge in [0.25, 0.3) is 0 Å². The lowest BCUT2D eigenvalue weighted by Crippen LogP contribution is -2.42. The van der Waals surface area contributed by atoms with Crippen LogP contribution in [-0.4, -0.2) is 48.3 Å². The first-order valence-corrected chi connectivity index (χ1v) is 10.6. The van der Waals surface area contributed by atoms with E-state index in [9.17, 15) is 4.79 Å². The Morgan fingerprint density at radius 1 is 1.14 bits per heavy atom. The highest BCUT2D eigenvalue weighted by Gasteiger charge is 2.18. The highest BCUT2D eigenvalue weighted by molar-refractivity contribution is 6.30. The smallest absolute Gasteiger partial charge is 0.307 e. The van der Waals surface area contributed by atoms with E-state index in [1.54, 1.807) is 6.07 Å². The molecule has 0 spiro atoms. The quantitative estimate of drug-likeness (QED) is 0.573. The minimum Gasteiger partial charge on any atom is -0.493 e. The summed E-state index contributed by atoms with van der Waals surface area (Å²) < 4.78 is 5.80. The molecule has 0 unspecified atom stereocenters. The van der Waals surface area contributed by atoms with Crippen LogP contribution in [0.3, 0.4) is 0 Å². The predicted octanol–water partition coefficient (Wildman–Crippen LogP) is 3.99. The second kappa shape index (κ2) is 11.2. The van der Waals surface area contributed by atoms with Crippen molar-refractivity contribution in [3.05, 3.63) is 64.7 Å². The highest BCUT2D eigenvalue weighted by atomic mass is 35.5. The molecular weight excluding hydrogens is 388 g/mol. The fourth-order valence-electron chi connectivity index (χ4n) is 3.66. The third-order valence-electron chi connectivity index (χ3n) is 5.23. The van der Waals surface area contributed by atoms with Gasteiger partial charge < -0.3 is 15.2 Å². The van der Waals surface area contributed by atoms with Gasteiger partial charge in [0.15, 0.2) is 0 Å². The number of likely N-dealkylation sites (tertiary alicyclic amines) is 1. The van der Waals surface area contributed by atoms with Crippen LogP contribution in [0.5, 0.6) is 5.75 Å². The Kier molecular flexibility index (Phi) is 8.35. The van der Waals surface area contributed by atoms with E-state index in [0.717, 1.165) is 56.0 Å². The van der Waals surface area contributed by atoms with E-state index in [1.807, 2.05) is 30.3 Å². The number of aliphatic carboxylic acids is 1. The third kappa shape index (κ3) is 7.35. The van der Waals surface area contributed by atoms with Crippen LogP contribution >= 0.6 is 11.6 Å². The number of hydrogen-bond donors (Lipinski definition) is 2. The third-order valence-corrected chi connectivity index (χ3v) is 5.48. The van der Waals surface area contributed by atoms with Crippen LogP contribution in [0.2, 0.25) is 5.02 Å². The van der Waals surface area contributed by atoms with Gasteiger partial charge in [-0.25, -0.2) is 0 Å². The van der Waals surface area contributed by atoms with Crippen LogP contribution in [-0.2, 0) is 17.8 Å². The molecule has 1 saturated heterocycles. The molecule has 0 saturated carbocycles. The zero-order valence-electron chi connectivity index (χ0n) is 16.6. The maximum absolute atomic E-state index is 10.9. The standard InChI is InChI=1S/C23H29ClN2O3/c24-20-8-6-18(7-9-20)17-26-13-10-21(11-14-26)25-12-3-15-29-22-5-2-1-4-19(22)16-23(27)28/h1-2,4-9,21,25H,3,10-17H2,(H,27,28). The second-order valence-corrected chi connectivity index (χ2v) is 7.95. The first-order valence-electron chi connectivity index (χ1n) is 10.2. The Labute approximate surface area is 177 Å². The number of carboxylic acid groups (broad SMARTS) is 1. The SMILES string of the molecule is O=C(O)Cc1ccccc1OCCCNC1CCN(Cc2ccc(Cl)cc2)CC1. The summed E-state index contributed by atoms with van der Waals surface area (Å²) in [7, 11) is 0. The fraction of sp³-hybridized carbons (Fsp3) is 0.435. The number of rotatable bonds is 10. The molecule has 2 N–H and O–H groups in total. The van der Waals surface area contributed by atoms with Crippen molar-refractivity contribution >= 4 is 17.6 Å². The normalized spacial score (nSPS) is 15.3. The Morgan fingerprint density at radius 3 is 2.59 bits per heavy atom. The van der Waals surface area contributed by atoms with E-state index in [1.165, 1.54) is 5.56 Å². The summed E-state index contributed by atoms with van der Waals surface area (Å²) in [6.45, 7) is 4.66. The Bertz CT molecular complexity index is 774. The first-order chi connectivity index (χ1) is 14.1. The molecule has 0 amide bonds. The molecule has 5 nitrogen and oxygen atoms in total. The maximum Gasteiger partial charge on any atom is 0.307 e. The predicted molar refractivity (Wildman–Crippen MR) is 116 cm³/mol. The van der Waals surface area contributed by atoms with E-state index >= 15 is 0 Å². The number of carboxylic acids is 1. The van der Waals surface area contributed by atoms with Gasteiger partial charge in [-0.15, -0.1) is 0 Å². The van der Waals surface area contributed by atoms with Gasteiger partial charge in [0.05, 0.1) is 13.0 Å². The van der Waals surface area contributed by atoms with Gasteiger partial charge in [-0.3, -0.25) is 9.69 Å². The number of nitrogens with one attached hydrogen (secondary N) is 1. The molecule has 1 fully saturated rings. The molecule has 3 rings (SSSR count). The molecule has 0 radical (unpaired) electrons. The van der Waals surface area contributed by atoms with E-state index in [-0.39, 0.29) is 6.42 Å². The van der Waals surface area contributed by atoms with E-state index < -0.39 is 5.97 Å². The number of nitrogens with zero attached hydrogens (tertiary/aromatic N) is 1. The van der Waals surface area contributed by atoms with Gasteiger partial charge in [0.1, 0.15) is 5.75 Å². The second-order valence-electron chi connectivity index (χ2n) is 7.51. The Hall–Kier alpha value is -2.08. The molecule has 1 heterocycles. The van der Waals surface area contributed by atoms with Crippen molar-refractivity contribution in [1.29, 1.82) is 0 Å². The van der Waals surface area contributed by atoms with Crippen molar-refractivity contribution in [3.8, 4) is 5.75 Å². The van der Waals surface area contributed by atoms with Gasteiger partial charge in [0.2, 0.25) is 0 Å². The number of hydrogen-bond acceptors (Lipinski definition) is 4. The number of halogens is 1. The van der Waals surface area contributed by atoms with Crippen LogP contribution in [0.4, 0.5) is 0 Å². The lowest BCUT2D eigenvalue weighted by atomic mass is 10.0. The average Bonchev–Trinajstić information content (AvgIpc) is 2.71. The van der Waals surface area contributed by atoms with Crippen LogP contribution in [0.1, 0.15) is 30.4 Å². The lowest BCUT2D eigenvalue weighted by molar-refractivity contribution is -0.136. The first kappa shape index (κ1) is 21.6. The monoisotopic (exact) mass is 416 g/mol. The summed E-state index contributed by atoms with van der Waals surface area (Å²) in [5.41, 5.74) is 2.03. The number of carbonyl (C=O) groups is 1. The molecule has 2 aromatic rings. The minimum atomic E-state index is -0.842. The van der Waals surface area contributed by atoms with Gasteiger partial charge in [0, 0.05) is 23.2 Å². The van der Waals surface area contributed by atoms with Crippen LogP contribution in [0, 0.1) is 0 Å². The fourth-order valence-corrected chi connectivity index (χ4v) is 3.78. The molecule has 1 aliphatic rings. The molecular formula is C23H29ClN2O3. The van der Waals surface area contributed by atoms with Crippen molar-refractivity contribution in [2.24, 2.45) is 0 Å². The molecule has 0 aromatic heterocycles. The van der Waals surface area contributed by atoms with Gasteiger partial charge >= 0.3 is 5.97 Å². The summed E-state index contributed by atoms with van der Waals surface area (Å²) in [5, 5.41) is 13.4. The number of benzene rings is 2. The molecule has 0 aliphatic carbocycles. The highest BCUT2D eigenvalue weighted by Crippen LogP contribution is 2.19. The molecule has 0 atom stereocenters. The summed E-state index contributed by atoms with van der Waals surface area (Å²) in [5.74, 6) is -0.171. The lowest BCUT2D eigenvalue weighted by Gasteiger charge is -2.32. The van der Waals surface area contributed by atoms with Crippen molar-refractivity contribution in [2.45, 2.75) is 38.3 Å². The van der Waals surface area contributed by atoms with Crippen molar-refractivity contribution in [2.75, 3.05) is 26.2 Å². The summed E-state index contributed by atoms with van der Waals surface area (Å²) in [4.78, 5) is 13.4. The summed E-state index contributed by atoms with van der Waals surface area (Å²) >= 11 is 5.95. The van der Waals surface area contributed by atoms with Crippen LogP contribution in [0.25, 0.3) is 0 Å². The largest absolute Gasteiger partial charge is 0.493 e. The van der Waals surface area contributed by atoms with Gasteiger partial charge in [-0.1, -0.05) is 41.9 Å². The zero-order valence-corrected chi connectivity index (χ0v) is 17.4. The number of para-hydroxylation sites is 1. The number of ether oxygens (including phenoxy) is 1. The van der Waals surface area contributed by atoms with Crippen molar-refractivity contribution in [3.63, 3.8) is 0 Å². The zero-order chi connectivity index (χ0) is 20.5. The molecule has 156 valence electrons. The van der Waals surface area contributed by atoms with Crippen molar-refractivity contribution in [1.82, 2.24) is 10.2 Å². The molecule has 6 heteroatoms. The maximum atomic E-state index is 10.9. The van der Waals surface area contributed by atoms with E-state index in [0.29, 0.717) is 18.4 Å². The average molecular weight is 417 g/mol. The molecule has 29 heavy (non-hydrogen) atoms. The Balaban J connectivity index is 1.30. The van der Waals surface area contributed by atoms with Gasteiger partial charge in [-0.2, -0.15) is 0 Å². The Morgan fingerprint density at radius 2 is 1.86 bits per heavy atom.